The van der Waals surface area contributed by atoms with Gasteiger partial charge in [-0.3, -0.25) is 0 Å². The first kappa shape index (κ1) is 13.5. The van der Waals surface area contributed by atoms with Gasteiger partial charge in [-0.05, 0) is 36.6 Å². The predicted octanol–water partition coefficient (Wildman–Crippen LogP) is 3.19. The highest BCUT2D eigenvalue weighted by Crippen LogP contribution is 2.29. The molecule has 0 saturated heterocycles. The van der Waals surface area contributed by atoms with Crippen LogP contribution in [-0.4, -0.2) is 14.1 Å². The summed E-state index contributed by atoms with van der Waals surface area (Å²) in [4.78, 5) is 2.10. The summed E-state index contributed by atoms with van der Waals surface area (Å²) in [7, 11) is 4.07. The van der Waals surface area contributed by atoms with E-state index in [0.29, 0.717) is 0 Å². The van der Waals surface area contributed by atoms with Crippen LogP contribution in [0.5, 0.6) is 0 Å². The monoisotopic (exact) mass is 230 g/mol. The van der Waals surface area contributed by atoms with Crippen LogP contribution in [0.2, 0.25) is 0 Å². The lowest BCUT2D eigenvalue weighted by Gasteiger charge is -2.23. The normalized spacial score (nSPS) is 13.4. The van der Waals surface area contributed by atoms with E-state index in [9.17, 15) is 0 Å². The van der Waals surface area contributed by atoms with Crippen molar-refractivity contribution in [3.05, 3.63) is 53.6 Å². The van der Waals surface area contributed by atoms with Crippen molar-refractivity contribution in [2.75, 3.05) is 19.0 Å². The lowest BCUT2D eigenvalue weighted by Crippen LogP contribution is -2.18. The maximum absolute atomic E-state index is 6.28. The number of benzene rings is 1. The second-order valence-electron chi connectivity index (χ2n) is 4.43. The molecule has 2 N–H and O–H groups in total. The number of rotatable bonds is 4. The Morgan fingerprint density at radius 2 is 2.06 bits per heavy atom. The molecule has 0 aliphatic rings. The fourth-order valence-corrected chi connectivity index (χ4v) is 1.91. The molecule has 0 radical (unpaired) electrons. The van der Waals surface area contributed by atoms with E-state index in [1.165, 1.54) is 11.3 Å². The minimum absolute atomic E-state index is 0.115. The molecule has 2 nitrogen and oxygen atoms in total. The zero-order valence-corrected chi connectivity index (χ0v) is 11.2. The third kappa shape index (κ3) is 2.98. The number of allylic oxidation sites excluding steroid dienone is 1. The predicted molar refractivity (Wildman–Crippen MR) is 76.4 cm³/mol. The van der Waals surface area contributed by atoms with Gasteiger partial charge < -0.3 is 10.6 Å². The Balaban J connectivity index is 3.26. The molecule has 0 bridgehead atoms. The van der Waals surface area contributed by atoms with Gasteiger partial charge in [-0.25, -0.2) is 0 Å². The van der Waals surface area contributed by atoms with Crippen molar-refractivity contribution in [3.63, 3.8) is 0 Å². The molecule has 17 heavy (non-hydrogen) atoms. The molecule has 1 rings (SSSR count). The summed E-state index contributed by atoms with van der Waals surface area (Å²) in [6.45, 7) is 7.88. The van der Waals surface area contributed by atoms with Crippen molar-refractivity contribution in [2.45, 2.75) is 19.9 Å². The maximum Gasteiger partial charge on any atom is 0.0568 e. The van der Waals surface area contributed by atoms with E-state index in [1.54, 1.807) is 0 Å². The quantitative estimate of drug-likeness (QED) is 0.805. The Morgan fingerprint density at radius 3 is 2.53 bits per heavy atom. The van der Waals surface area contributed by atoms with Gasteiger partial charge in [-0.2, -0.15) is 0 Å². The molecular formula is C15H22N2. The van der Waals surface area contributed by atoms with Crippen LogP contribution in [0, 0.1) is 6.92 Å². The van der Waals surface area contributed by atoms with Crippen molar-refractivity contribution in [1.29, 1.82) is 0 Å². The topological polar surface area (TPSA) is 29.3 Å². The van der Waals surface area contributed by atoms with Crippen LogP contribution in [0.25, 0.3) is 0 Å². The SMILES string of the molecule is C=CC(=CC)C(N)c1ccc(C)cc1N(C)C. The fourth-order valence-electron chi connectivity index (χ4n) is 1.91. The van der Waals surface area contributed by atoms with E-state index < -0.39 is 0 Å². The van der Waals surface area contributed by atoms with Crippen LogP contribution in [0.3, 0.4) is 0 Å². The Hall–Kier alpha value is -1.54. The van der Waals surface area contributed by atoms with Gasteiger partial charge in [-0.1, -0.05) is 30.9 Å². The Morgan fingerprint density at radius 1 is 1.41 bits per heavy atom. The summed E-state index contributed by atoms with van der Waals surface area (Å²) < 4.78 is 0. The largest absolute Gasteiger partial charge is 0.377 e. The van der Waals surface area contributed by atoms with Gasteiger partial charge in [0, 0.05) is 19.8 Å². The zero-order valence-electron chi connectivity index (χ0n) is 11.2. The van der Waals surface area contributed by atoms with Gasteiger partial charge in [0.15, 0.2) is 0 Å². The second-order valence-corrected chi connectivity index (χ2v) is 4.43. The first-order valence-electron chi connectivity index (χ1n) is 5.83. The highest BCUT2D eigenvalue weighted by atomic mass is 15.1. The van der Waals surface area contributed by atoms with E-state index in [0.717, 1.165) is 11.1 Å². The van der Waals surface area contributed by atoms with Gasteiger partial charge >= 0.3 is 0 Å². The summed E-state index contributed by atoms with van der Waals surface area (Å²) in [6.07, 6.45) is 3.83. The molecule has 1 unspecified atom stereocenters. The second kappa shape index (κ2) is 5.69. The summed E-state index contributed by atoms with van der Waals surface area (Å²) in [6, 6.07) is 6.24. The smallest absolute Gasteiger partial charge is 0.0568 e. The number of hydrogen-bond donors (Lipinski definition) is 1. The first-order valence-corrected chi connectivity index (χ1v) is 5.83. The average Bonchev–Trinajstić information content (AvgIpc) is 2.30. The third-order valence-corrected chi connectivity index (χ3v) is 2.93. The fraction of sp³-hybridized carbons (Fsp3) is 0.333. The Bertz CT molecular complexity index is 431. The van der Waals surface area contributed by atoms with E-state index in [4.69, 9.17) is 5.73 Å². The van der Waals surface area contributed by atoms with Crippen LogP contribution < -0.4 is 10.6 Å². The molecule has 1 aromatic carbocycles. The number of nitrogens with two attached hydrogens (primary N) is 1. The van der Waals surface area contributed by atoms with Crippen LogP contribution in [0.1, 0.15) is 24.1 Å². The Labute approximate surface area is 104 Å². The molecule has 0 saturated carbocycles. The molecule has 1 aromatic rings. The minimum Gasteiger partial charge on any atom is -0.377 e. The van der Waals surface area contributed by atoms with E-state index in [2.05, 4.69) is 36.6 Å². The molecule has 92 valence electrons. The highest BCUT2D eigenvalue weighted by Gasteiger charge is 2.14. The molecule has 0 heterocycles. The van der Waals surface area contributed by atoms with Crippen molar-refractivity contribution in [3.8, 4) is 0 Å². The molecule has 2 heteroatoms. The third-order valence-electron chi connectivity index (χ3n) is 2.93. The van der Waals surface area contributed by atoms with Gasteiger partial charge in [0.1, 0.15) is 0 Å². The standard InChI is InChI=1S/C15H22N2/c1-6-12(7-2)15(16)13-9-8-11(3)10-14(13)17(4)5/h6-10,15H,1,16H2,2-5H3. The molecule has 0 amide bonds. The summed E-state index contributed by atoms with van der Waals surface area (Å²) in [5.74, 6) is 0. The number of hydrogen-bond acceptors (Lipinski definition) is 2. The first-order chi connectivity index (χ1) is 8.01. The van der Waals surface area contributed by atoms with Gasteiger partial charge in [0.25, 0.3) is 0 Å². The number of nitrogens with zero attached hydrogens (tertiary/aromatic N) is 1. The lowest BCUT2D eigenvalue weighted by atomic mass is 9.96. The summed E-state index contributed by atoms with van der Waals surface area (Å²) in [5, 5.41) is 0. The minimum atomic E-state index is -0.115. The summed E-state index contributed by atoms with van der Waals surface area (Å²) >= 11 is 0. The van der Waals surface area contributed by atoms with Crippen molar-refractivity contribution >= 4 is 5.69 Å². The van der Waals surface area contributed by atoms with Crippen LogP contribution in [0.15, 0.2) is 42.5 Å². The molecule has 0 spiro atoms. The van der Waals surface area contributed by atoms with Gasteiger partial charge in [0.05, 0.1) is 6.04 Å². The van der Waals surface area contributed by atoms with Gasteiger partial charge in [0.2, 0.25) is 0 Å². The summed E-state index contributed by atoms with van der Waals surface area (Å²) in [5.41, 5.74) is 10.9. The van der Waals surface area contributed by atoms with Crippen LogP contribution >= 0.6 is 0 Å². The molecule has 0 fully saturated rings. The van der Waals surface area contributed by atoms with E-state index in [-0.39, 0.29) is 6.04 Å². The van der Waals surface area contributed by atoms with Crippen LogP contribution in [0.4, 0.5) is 5.69 Å². The van der Waals surface area contributed by atoms with Gasteiger partial charge in [-0.15, -0.1) is 0 Å². The van der Waals surface area contributed by atoms with E-state index >= 15 is 0 Å². The van der Waals surface area contributed by atoms with Crippen molar-refractivity contribution in [2.24, 2.45) is 5.73 Å². The molecular weight excluding hydrogens is 208 g/mol. The highest BCUT2D eigenvalue weighted by molar-refractivity contribution is 5.58. The van der Waals surface area contributed by atoms with E-state index in [1.807, 2.05) is 33.2 Å². The average molecular weight is 230 g/mol. The number of aryl methyl sites for hydroxylation is 1. The molecule has 1 atom stereocenters. The lowest BCUT2D eigenvalue weighted by molar-refractivity contribution is 0.860. The Kier molecular flexibility index (Phi) is 4.53. The van der Waals surface area contributed by atoms with Crippen molar-refractivity contribution in [1.82, 2.24) is 0 Å². The number of anilines is 1. The van der Waals surface area contributed by atoms with Crippen molar-refractivity contribution < 1.29 is 0 Å². The molecule has 0 aliphatic heterocycles. The van der Waals surface area contributed by atoms with Crippen LogP contribution in [-0.2, 0) is 0 Å². The molecule has 0 aromatic heterocycles. The maximum atomic E-state index is 6.28. The zero-order chi connectivity index (χ0) is 13.0. The molecule has 0 aliphatic carbocycles.